The number of hydrogen-bond donors (Lipinski definition) is 1. The molecule has 0 saturated heterocycles. The van der Waals surface area contributed by atoms with Gasteiger partial charge in [0.15, 0.2) is 5.82 Å². The van der Waals surface area contributed by atoms with Crippen LogP contribution in [0.3, 0.4) is 0 Å². The summed E-state index contributed by atoms with van der Waals surface area (Å²) >= 11 is 0. The first kappa shape index (κ1) is 18.5. The van der Waals surface area contributed by atoms with Crippen LogP contribution in [0.5, 0.6) is 0 Å². The van der Waals surface area contributed by atoms with Gasteiger partial charge >= 0.3 is 0 Å². The summed E-state index contributed by atoms with van der Waals surface area (Å²) < 4.78 is 5.46. The number of nitrogens with one attached hydrogen (secondary N) is 1. The van der Waals surface area contributed by atoms with E-state index in [1.54, 1.807) is 25.4 Å². The normalized spacial score (nSPS) is 20.1. The van der Waals surface area contributed by atoms with E-state index in [4.69, 9.17) is 4.52 Å². The smallest absolute Gasteiger partial charge is 0.269 e. The molecule has 1 N–H and O–H groups in total. The molecule has 0 atom stereocenters. The highest BCUT2D eigenvalue weighted by atomic mass is 16.5. The lowest BCUT2D eigenvalue weighted by atomic mass is 9.79. The molecule has 140 valence electrons. The Morgan fingerprint density at radius 3 is 2.81 bits per heavy atom. The van der Waals surface area contributed by atoms with E-state index in [0.29, 0.717) is 17.5 Å². The minimum absolute atomic E-state index is 0.229. The average Bonchev–Trinajstić information content (AvgIpc) is 3.18. The van der Waals surface area contributed by atoms with Crippen molar-refractivity contribution in [2.75, 3.05) is 7.05 Å². The van der Waals surface area contributed by atoms with Gasteiger partial charge in [0.25, 0.3) is 11.8 Å². The minimum atomic E-state index is -0.229. The van der Waals surface area contributed by atoms with E-state index in [0.717, 1.165) is 30.1 Å². The SMILES string of the molecule is CCCCC[C@H]1CC[C@H](c2noc(-c3ccnc(C(=O)NC)c3)n2)CC1. The van der Waals surface area contributed by atoms with Crippen molar-refractivity contribution in [1.82, 2.24) is 20.4 Å². The van der Waals surface area contributed by atoms with Gasteiger partial charge in [-0.15, -0.1) is 0 Å². The van der Waals surface area contributed by atoms with Crippen LogP contribution in [0.4, 0.5) is 0 Å². The zero-order valence-corrected chi connectivity index (χ0v) is 15.7. The van der Waals surface area contributed by atoms with Gasteiger partial charge in [-0.25, -0.2) is 0 Å². The van der Waals surface area contributed by atoms with Crippen molar-refractivity contribution in [2.24, 2.45) is 5.92 Å². The van der Waals surface area contributed by atoms with Crippen molar-refractivity contribution in [3.05, 3.63) is 29.8 Å². The molecule has 26 heavy (non-hydrogen) atoms. The molecule has 6 nitrogen and oxygen atoms in total. The second-order valence-corrected chi connectivity index (χ2v) is 7.18. The second kappa shape index (κ2) is 8.92. The van der Waals surface area contributed by atoms with Gasteiger partial charge in [-0.1, -0.05) is 37.8 Å². The summed E-state index contributed by atoms with van der Waals surface area (Å²) in [7, 11) is 1.58. The molecule has 0 spiro atoms. The van der Waals surface area contributed by atoms with E-state index in [9.17, 15) is 4.79 Å². The quantitative estimate of drug-likeness (QED) is 0.746. The van der Waals surface area contributed by atoms with Gasteiger partial charge in [-0.05, 0) is 43.7 Å². The lowest BCUT2D eigenvalue weighted by Gasteiger charge is -2.26. The van der Waals surface area contributed by atoms with Gasteiger partial charge in [0.2, 0.25) is 0 Å². The number of hydrogen-bond acceptors (Lipinski definition) is 5. The number of nitrogens with zero attached hydrogens (tertiary/aromatic N) is 3. The van der Waals surface area contributed by atoms with Gasteiger partial charge in [-0.3, -0.25) is 9.78 Å². The van der Waals surface area contributed by atoms with Gasteiger partial charge in [0.05, 0.1) is 0 Å². The Morgan fingerprint density at radius 1 is 1.27 bits per heavy atom. The highest BCUT2D eigenvalue weighted by molar-refractivity contribution is 5.92. The summed E-state index contributed by atoms with van der Waals surface area (Å²) in [6, 6.07) is 3.47. The molecule has 6 heteroatoms. The van der Waals surface area contributed by atoms with Crippen LogP contribution in [0, 0.1) is 5.92 Å². The summed E-state index contributed by atoms with van der Waals surface area (Å²) in [6.45, 7) is 2.26. The highest BCUT2D eigenvalue weighted by Gasteiger charge is 2.26. The Bertz CT molecular complexity index is 720. The van der Waals surface area contributed by atoms with Gasteiger partial charge < -0.3 is 9.84 Å². The average molecular weight is 356 g/mol. The number of aromatic nitrogens is 3. The second-order valence-electron chi connectivity index (χ2n) is 7.18. The van der Waals surface area contributed by atoms with Crippen molar-refractivity contribution in [3.8, 4) is 11.5 Å². The van der Waals surface area contributed by atoms with Crippen LogP contribution < -0.4 is 5.32 Å². The molecule has 1 aliphatic rings. The van der Waals surface area contributed by atoms with Crippen molar-refractivity contribution in [3.63, 3.8) is 0 Å². The van der Waals surface area contributed by atoms with Gasteiger partial charge in [0.1, 0.15) is 5.69 Å². The number of carbonyl (C=O) groups is 1. The van der Waals surface area contributed by atoms with Crippen LogP contribution in [0.2, 0.25) is 0 Å². The van der Waals surface area contributed by atoms with Crippen molar-refractivity contribution >= 4 is 5.91 Å². The summed E-state index contributed by atoms with van der Waals surface area (Å²) in [6.07, 6.45) is 11.7. The van der Waals surface area contributed by atoms with E-state index >= 15 is 0 Å². The molecular formula is C20H28N4O2. The zero-order valence-electron chi connectivity index (χ0n) is 15.7. The Kier molecular flexibility index (Phi) is 6.36. The Hall–Kier alpha value is -2.24. The molecule has 1 saturated carbocycles. The molecule has 2 heterocycles. The number of unbranched alkanes of at least 4 members (excludes halogenated alkanes) is 2. The van der Waals surface area contributed by atoms with Crippen LogP contribution in [-0.2, 0) is 0 Å². The van der Waals surface area contributed by atoms with Crippen LogP contribution in [0.1, 0.15) is 80.5 Å². The first-order valence-corrected chi connectivity index (χ1v) is 9.73. The van der Waals surface area contributed by atoms with Crippen molar-refractivity contribution in [1.29, 1.82) is 0 Å². The number of pyridine rings is 1. The molecule has 0 unspecified atom stereocenters. The fourth-order valence-electron chi connectivity index (χ4n) is 3.73. The predicted octanol–water partition coefficient (Wildman–Crippen LogP) is 4.35. The fourth-order valence-corrected chi connectivity index (χ4v) is 3.73. The Morgan fingerprint density at radius 2 is 2.08 bits per heavy atom. The third kappa shape index (κ3) is 4.48. The molecule has 0 radical (unpaired) electrons. The molecule has 1 aliphatic carbocycles. The number of amides is 1. The highest BCUT2D eigenvalue weighted by Crippen LogP contribution is 2.37. The molecule has 3 rings (SSSR count). The topological polar surface area (TPSA) is 80.9 Å². The molecular weight excluding hydrogens is 328 g/mol. The standard InChI is InChI=1S/C20H28N4O2/c1-3-4-5-6-14-7-9-15(10-8-14)18-23-20(26-24-18)16-11-12-22-17(13-16)19(25)21-2/h11-15H,3-10H2,1-2H3,(H,21,25)/t14-,15-. The molecule has 2 aromatic heterocycles. The van der Waals surface area contributed by atoms with Gasteiger partial charge in [0, 0.05) is 24.7 Å². The van der Waals surface area contributed by atoms with E-state index < -0.39 is 0 Å². The summed E-state index contributed by atoms with van der Waals surface area (Å²) in [5.41, 5.74) is 1.07. The zero-order chi connectivity index (χ0) is 18.4. The van der Waals surface area contributed by atoms with Crippen LogP contribution >= 0.6 is 0 Å². The molecule has 0 aliphatic heterocycles. The first-order chi connectivity index (χ1) is 12.7. The van der Waals surface area contributed by atoms with Crippen LogP contribution in [0.25, 0.3) is 11.5 Å². The maximum Gasteiger partial charge on any atom is 0.269 e. The molecule has 0 aromatic carbocycles. The van der Waals surface area contributed by atoms with Gasteiger partial charge in [-0.2, -0.15) is 4.98 Å². The number of rotatable bonds is 7. The van der Waals surface area contributed by atoms with Crippen LogP contribution in [-0.4, -0.2) is 28.1 Å². The minimum Gasteiger partial charge on any atom is -0.354 e. The summed E-state index contributed by atoms with van der Waals surface area (Å²) in [4.78, 5) is 20.4. The largest absolute Gasteiger partial charge is 0.354 e. The van der Waals surface area contributed by atoms with E-state index in [2.05, 4.69) is 27.4 Å². The fraction of sp³-hybridized carbons (Fsp3) is 0.600. The van der Waals surface area contributed by atoms with Crippen molar-refractivity contribution < 1.29 is 9.32 Å². The number of carbonyl (C=O) groups excluding carboxylic acids is 1. The third-order valence-corrected chi connectivity index (χ3v) is 5.34. The lowest BCUT2D eigenvalue weighted by molar-refractivity contribution is 0.0958. The third-order valence-electron chi connectivity index (χ3n) is 5.34. The summed E-state index contributed by atoms with van der Waals surface area (Å²) in [5.74, 6) is 2.27. The Labute approximate surface area is 154 Å². The Balaban J connectivity index is 1.61. The lowest BCUT2D eigenvalue weighted by Crippen LogP contribution is -2.19. The molecule has 0 bridgehead atoms. The summed E-state index contributed by atoms with van der Waals surface area (Å²) in [5, 5.41) is 6.78. The maximum atomic E-state index is 11.7. The first-order valence-electron chi connectivity index (χ1n) is 9.73. The molecule has 2 aromatic rings. The van der Waals surface area contributed by atoms with E-state index in [1.165, 1.54) is 38.5 Å². The monoisotopic (exact) mass is 356 g/mol. The van der Waals surface area contributed by atoms with E-state index in [1.807, 2.05) is 0 Å². The molecule has 1 fully saturated rings. The molecule has 1 amide bonds. The van der Waals surface area contributed by atoms with Crippen LogP contribution in [0.15, 0.2) is 22.9 Å². The van der Waals surface area contributed by atoms with E-state index in [-0.39, 0.29) is 5.91 Å². The predicted molar refractivity (Wildman–Crippen MR) is 99.8 cm³/mol. The maximum absolute atomic E-state index is 11.7. The van der Waals surface area contributed by atoms with Crippen molar-refractivity contribution in [2.45, 2.75) is 64.2 Å².